The second kappa shape index (κ2) is 7.81. The van der Waals surface area contributed by atoms with E-state index in [0.717, 1.165) is 19.5 Å². The summed E-state index contributed by atoms with van der Waals surface area (Å²) in [6, 6.07) is 8.86. The molecule has 0 spiro atoms. The Balaban J connectivity index is 1.39. The first-order chi connectivity index (χ1) is 11.6. The molecule has 0 atom stereocenters. The van der Waals surface area contributed by atoms with Crippen molar-refractivity contribution in [2.24, 2.45) is 0 Å². The number of thiophene rings is 1. The van der Waals surface area contributed by atoms with E-state index < -0.39 is 0 Å². The highest BCUT2D eigenvalue weighted by Crippen LogP contribution is 2.24. The lowest BCUT2D eigenvalue weighted by molar-refractivity contribution is -0.132. The van der Waals surface area contributed by atoms with Gasteiger partial charge in [-0.05, 0) is 54.1 Å². The number of carbonyl (C=O) groups is 2. The molecule has 1 aromatic heterocycles. The molecule has 0 aliphatic carbocycles. The van der Waals surface area contributed by atoms with Crippen molar-refractivity contribution in [1.82, 2.24) is 10.2 Å². The summed E-state index contributed by atoms with van der Waals surface area (Å²) in [5, 5.41) is 5.53. The smallest absolute Gasteiger partial charge is 0.251 e. The lowest BCUT2D eigenvalue weighted by Gasteiger charge is -2.27. The Morgan fingerprint density at radius 3 is 2.79 bits per heavy atom. The average Bonchev–Trinajstić information content (AvgIpc) is 3.06. The molecule has 2 amide bonds. The summed E-state index contributed by atoms with van der Waals surface area (Å²) in [6.45, 7) is 2.00. The fourth-order valence-electron chi connectivity index (χ4n) is 2.76. The Hall–Kier alpha value is -1.85. The number of nitrogens with one attached hydrogen (secondary N) is 1. The zero-order chi connectivity index (χ0) is 16.9. The van der Waals surface area contributed by atoms with E-state index in [1.54, 1.807) is 35.6 Å². The molecule has 1 aliphatic heterocycles. The van der Waals surface area contributed by atoms with Crippen molar-refractivity contribution < 1.29 is 9.59 Å². The molecule has 6 heteroatoms. The fraction of sp³-hybridized carbons (Fsp3) is 0.333. The Kier molecular flexibility index (Phi) is 5.53. The Morgan fingerprint density at radius 2 is 2.00 bits per heavy atom. The quantitative estimate of drug-likeness (QED) is 0.827. The second-order valence-corrected chi connectivity index (χ2v) is 7.24. The predicted molar refractivity (Wildman–Crippen MR) is 96.5 cm³/mol. The SMILES string of the molecule is O=C(NCCCC(=O)N1CCc2sccc2C1)c1ccc(Cl)cc1. The van der Waals surface area contributed by atoms with Gasteiger partial charge in [0.1, 0.15) is 0 Å². The topological polar surface area (TPSA) is 49.4 Å². The standard InChI is InChI=1S/C18H19ClN2O2S/c19-15-5-3-13(4-6-15)18(23)20-9-1-2-17(22)21-10-7-16-14(12-21)8-11-24-16/h3-6,8,11H,1-2,7,9-10,12H2,(H,20,23). The zero-order valence-corrected chi connectivity index (χ0v) is 14.8. The summed E-state index contributed by atoms with van der Waals surface area (Å²) in [5.41, 5.74) is 1.85. The number of hydrogen-bond donors (Lipinski definition) is 1. The number of amides is 2. The van der Waals surface area contributed by atoms with Gasteiger partial charge in [0.2, 0.25) is 5.91 Å². The van der Waals surface area contributed by atoms with E-state index in [9.17, 15) is 9.59 Å². The van der Waals surface area contributed by atoms with Crippen LogP contribution in [0.4, 0.5) is 0 Å². The van der Waals surface area contributed by atoms with E-state index >= 15 is 0 Å². The lowest BCUT2D eigenvalue weighted by atomic mass is 10.1. The Labute approximate surface area is 150 Å². The van der Waals surface area contributed by atoms with E-state index in [2.05, 4.69) is 16.8 Å². The van der Waals surface area contributed by atoms with E-state index in [4.69, 9.17) is 11.6 Å². The van der Waals surface area contributed by atoms with Gasteiger partial charge in [-0.15, -0.1) is 11.3 Å². The molecular formula is C18H19ClN2O2S. The van der Waals surface area contributed by atoms with Crippen LogP contribution in [0.2, 0.25) is 5.02 Å². The van der Waals surface area contributed by atoms with Crippen LogP contribution < -0.4 is 5.32 Å². The van der Waals surface area contributed by atoms with E-state index in [1.165, 1.54) is 10.4 Å². The van der Waals surface area contributed by atoms with Gasteiger partial charge in [-0.25, -0.2) is 0 Å². The van der Waals surface area contributed by atoms with Crippen molar-refractivity contribution in [2.75, 3.05) is 13.1 Å². The van der Waals surface area contributed by atoms with Crippen LogP contribution in [0.25, 0.3) is 0 Å². The van der Waals surface area contributed by atoms with Crippen LogP contribution >= 0.6 is 22.9 Å². The van der Waals surface area contributed by atoms with Crippen LogP contribution in [0.5, 0.6) is 0 Å². The molecule has 126 valence electrons. The molecule has 4 nitrogen and oxygen atoms in total. The summed E-state index contributed by atoms with van der Waals surface area (Å²) < 4.78 is 0. The Bertz CT molecular complexity index is 727. The monoisotopic (exact) mass is 362 g/mol. The normalized spacial score (nSPS) is 13.5. The molecule has 1 aromatic carbocycles. The first-order valence-electron chi connectivity index (χ1n) is 8.00. The molecule has 0 fully saturated rings. The van der Waals surface area contributed by atoms with Gasteiger partial charge in [-0.1, -0.05) is 11.6 Å². The number of hydrogen-bond acceptors (Lipinski definition) is 3. The summed E-state index contributed by atoms with van der Waals surface area (Å²) in [7, 11) is 0. The lowest BCUT2D eigenvalue weighted by Crippen LogP contribution is -2.35. The largest absolute Gasteiger partial charge is 0.352 e. The van der Waals surface area contributed by atoms with Gasteiger partial charge < -0.3 is 10.2 Å². The van der Waals surface area contributed by atoms with Crippen molar-refractivity contribution in [1.29, 1.82) is 0 Å². The molecule has 0 saturated heterocycles. The maximum absolute atomic E-state index is 12.3. The van der Waals surface area contributed by atoms with Gasteiger partial charge in [0.05, 0.1) is 0 Å². The van der Waals surface area contributed by atoms with Crippen molar-refractivity contribution >= 4 is 34.8 Å². The minimum absolute atomic E-state index is 0.139. The number of fused-ring (bicyclic) bond motifs is 1. The van der Waals surface area contributed by atoms with Gasteiger partial charge in [0.15, 0.2) is 0 Å². The van der Waals surface area contributed by atoms with E-state index in [1.807, 2.05) is 4.90 Å². The number of rotatable bonds is 5. The third kappa shape index (κ3) is 4.16. The maximum Gasteiger partial charge on any atom is 0.251 e. The number of benzene rings is 1. The first-order valence-corrected chi connectivity index (χ1v) is 9.26. The van der Waals surface area contributed by atoms with Crippen molar-refractivity contribution in [3.05, 3.63) is 56.7 Å². The Morgan fingerprint density at radius 1 is 1.21 bits per heavy atom. The van der Waals surface area contributed by atoms with E-state index in [-0.39, 0.29) is 11.8 Å². The third-order valence-corrected chi connectivity index (χ3v) is 5.39. The van der Waals surface area contributed by atoms with Gasteiger partial charge in [-0.3, -0.25) is 9.59 Å². The summed E-state index contributed by atoms with van der Waals surface area (Å²) in [4.78, 5) is 27.6. The van der Waals surface area contributed by atoms with Crippen molar-refractivity contribution in [3.63, 3.8) is 0 Å². The van der Waals surface area contributed by atoms with Crippen LogP contribution in [0, 0.1) is 0 Å². The first kappa shape index (κ1) is 17.0. The highest BCUT2D eigenvalue weighted by atomic mass is 35.5. The van der Waals surface area contributed by atoms with Gasteiger partial charge in [0, 0.05) is 41.5 Å². The van der Waals surface area contributed by atoms with Crippen molar-refractivity contribution in [3.8, 4) is 0 Å². The molecule has 2 aromatic rings. The van der Waals surface area contributed by atoms with Gasteiger partial charge in [0.25, 0.3) is 5.91 Å². The number of nitrogens with zero attached hydrogens (tertiary/aromatic N) is 1. The van der Waals surface area contributed by atoms with Gasteiger partial charge in [-0.2, -0.15) is 0 Å². The highest BCUT2D eigenvalue weighted by Gasteiger charge is 2.20. The molecule has 0 unspecified atom stereocenters. The third-order valence-electron chi connectivity index (χ3n) is 4.12. The molecule has 3 rings (SSSR count). The minimum Gasteiger partial charge on any atom is -0.352 e. The molecule has 0 saturated carbocycles. The van der Waals surface area contributed by atoms with Crippen LogP contribution in [0.3, 0.4) is 0 Å². The molecule has 2 heterocycles. The zero-order valence-electron chi connectivity index (χ0n) is 13.3. The van der Waals surface area contributed by atoms with Crippen LogP contribution in [-0.2, 0) is 17.8 Å². The van der Waals surface area contributed by atoms with Crippen LogP contribution in [0.15, 0.2) is 35.7 Å². The summed E-state index contributed by atoms with van der Waals surface area (Å²) in [6.07, 6.45) is 2.05. The highest BCUT2D eigenvalue weighted by molar-refractivity contribution is 7.10. The molecular weight excluding hydrogens is 344 g/mol. The van der Waals surface area contributed by atoms with Crippen LogP contribution in [0.1, 0.15) is 33.6 Å². The molecule has 1 N–H and O–H groups in total. The minimum atomic E-state index is -0.139. The molecule has 0 bridgehead atoms. The molecule has 0 radical (unpaired) electrons. The molecule has 24 heavy (non-hydrogen) atoms. The summed E-state index contributed by atoms with van der Waals surface area (Å²) >= 11 is 7.57. The number of carbonyl (C=O) groups excluding carboxylic acids is 2. The second-order valence-electron chi connectivity index (χ2n) is 5.80. The van der Waals surface area contributed by atoms with Crippen molar-refractivity contribution in [2.45, 2.75) is 25.8 Å². The number of halogens is 1. The molecule has 1 aliphatic rings. The fourth-order valence-corrected chi connectivity index (χ4v) is 3.78. The van der Waals surface area contributed by atoms with E-state index in [0.29, 0.717) is 30.0 Å². The average molecular weight is 363 g/mol. The maximum atomic E-state index is 12.3. The predicted octanol–water partition coefficient (Wildman–Crippen LogP) is 3.50. The van der Waals surface area contributed by atoms with Gasteiger partial charge >= 0.3 is 0 Å². The van der Waals surface area contributed by atoms with Crippen LogP contribution in [-0.4, -0.2) is 29.8 Å². The summed E-state index contributed by atoms with van der Waals surface area (Å²) in [5.74, 6) is 0.0209.